The summed E-state index contributed by atoms with van der Waals surface area (Å²) in [5, 5.41) is 22.2. The number of hydrazine groups is 1. The zero-order valence-corrected chi connectivity index (χ0v) is 29.1. The molecule has 1 unspecified atom stereocenters. The van der Waals surface area contributed by atoms with Gasteiger partial charge >= 0.3 is 12.4 Å². The number of Topliss-reactive ketones (excluding diaryl/α,β-unsaturated/α-hetero) is 1. The number of likely N-dealkylation sites (N-methyl/N-ethyl adjacent to an activating group) is 1. The predicted molar refractivity (Wildman–Crippen MR) is 177 cm³/mol. The highest BCUT2D eigenvalue weighted by Gasteiger charge is 2.46. The van der Waals surface area contributed by atoms with Crippen LogP contribution in [0.1, 0.15) is 36.2 Å². The van der Waals surface area contributed by atoms with E-state index in [-0.39, 0.29) is 23.5 Å². The van der Waals surface area contributed by atoms with Gasteiger partial charge in [-0.15, -0.1) is 0 Å². The molecular weight excluding hydrogens is 734 g/mol. The standard InChI is InChI=1S/C36H35F8N5O5/c1-19(2)31-33(51)27(32(50)30(45)23-7-6-22(35(39,40)41)16-24(23)20-5-9-26(46-17-20)36(42,43)44)34(52)49(47(31)3)18-21-4-8-25(29(38)28(21)37)54-15-12-48-10-13-53-14-11-48/h4-9,16-17,19,31,45,50H,10-15,18H2,1-3H3. The number of morpholine rings is 1. The molecule has 0 bridgehead atoms. The molecule has 0 spiro atoms. The van der Waals surface area contributed by atoms with Crippen molar-refractivity contribution in [3.63, 3.8) is 0 Å². The molecule has 10 nitrogen and oxygen atoms in total. The minimum atomic E-state index is -4.93. The lowest BCUT2D eigenvalue weighted by atomic mass is 9.88. The van der Waals surface area contributed by atoms with Crippen molar-refractivity contribution in [2.45, 2.75) is 38.8 Å². The number of nitrogens with one attached hydrogen (secondary N) is 1. The molecule has 18 heteroatoms. The third-order valence-electron chi connectivity index (χ3n) is 9.05. The van der Waals surface area contributed by atoms with Crippen LogP contribution in [-0.2, 0) is 33.2 Å². The molecule has 1 aromatic heterocycles. The van der Waals surface area contributed by atoms with Gasteiger partial charge in [-0.2, -0.15) is 30.7 Å². The Kier molecular flexibility index (Phi) is 11.8. The molecule has 3 heterocycles. The Labute approximate surface area is 304 Å². The summed E-state index contributed by atoms with van der Waals surface area (Å²) in [6.45, 7) is 5.42. The Balaban J connectivity index is 1.49. The van der Waals surface area contributed by atoms with Gasteiger partial charge in [0, 0.05) is 49.6 Å². The molecule has 2 aromatic carbocycles. The third-order valence-corrected chi connectivity index (χ3v) is 9.05. The van der Waals surface area contributed by atoms with Crippen LogP contribution >= 0.6 is 0 Å². The van der Waals surface area contributed by atoms with Crippen LogP contribution in [0, 0.1) is 23.0 Å². The van der Waals surface area contributed by atoms with Gasteiger partial charge in [-0.1, -0.05) is 32.0 Å². The molecule has 0 aliphatic carbocycles. The number of benzene rings is 2. The number of carbonyl (C=O) groups is 2. The quantitative estimate of drug-likeness (QED) is 0.0796. The van der Waals surface area contributed by atoms with E-state index in [0.29, 0.717) is 57.2 Å². The molecule has 1 atom stereocenters. The maximum Gasteiger partial charge on any atom is 0.433 e. The Bertz CT molecular complexity index is 1940. The highest BCUT2D eigenvalue weighted by atomic mass is 19.4. The highest BCUT2D eigenvalue weighted by Crippen LogP contribution is 2.37. The number of halogens is 8. The average Bonchev–Trinajstić information content (AvgIpc) is 3.11. The molecule has 54 heavy (non-hydrogen) atoms. The van der Waals surface area contributed by atoms with E-state index in [1.165, 1.54) is 24.2 Å². The summed E-state index contributed by atoms with van der Waals surface area (Å²) in [6.07, 6.45) is -9.16. The number of amides is 1. The Morgan fingerprint density at radius 1 is 1.00 bits per heavy atom. The van der Waals surface area contributed by atoms with Crippen LogP contribution in [-0.4, -0.2) is 95.0 Å². The lowest BCUT2D eigenvalue weighted by Gasteiger charge is -2.43. The maximum atomic E-state index is 15.5. The second kappa shape index (κ2) is 15.8. The second-order valence-corrected chi connectivity index (χ2v) is 12.9. The van der Waals surface area contributed by atoms with E-state index in [9.17, 15) is 41.0 Å². The molecule has 1 amide bonds. The third kappa shape index (κ3) is 8.39. The topological polar surface area (TPSA) is 119 Å². The number of rotatable bonds is 10. The fourth-order valence-corrected chi connectivity index (χ4v) is 6.21. The second-order valence-electron chi connectivity index (χ2n) is 12.9. The summed E-state index contributed by atoms with van der Waals surface area (Å²) in [6, 6.07) is 4.35. The van der Waals surface area contributed by atoms with Gasteiger partial charge in [0.15, 0.2) is 23.1 Å². The van der Waals surface area contributed by atoms with Crippen LogP contribution in [0.4, 0.5) is 35.1 Å². The van der Waals surface area contributed by atoms with Crippen LogP contribution in [0.3, 0.4) is 0 Å². The SMILES string of the molecule is CC(C)C1C(=O)C(=C(O)C(=N)c2ccc(C(F)(F)F)cc2-c2ccc(C(F)(F)F)nc2)C(=O)N(Cc2ccc(OCCN3CCOCC3)c(F)c2F)N1C. The van der Waals surface area contributed by atoms with Crippen LogP contribution in [0.25, 0.3) is 11.1 Å². The van der Waals surface area contributed by atoms with Crippen molar-refractivity contribution in [3.05, 3.63) is 94.0 Å². The smallest absolute Gasteiger partial charge is 0.433 e. The van der Waals surface area contributed by atoms with Crippen LogP contribution < -0.4 is 4.74 Å². The van der Waals surface area contributed by atoms with E-state index in [0.717, 1.165) is 17.1 Å². The van der Waals surface area contributed by atoms with Crippen molar-refractivity contribution in [3.8, 4) is 16.9 Å². The van der Waals surface area contributed by atoms with E-state index in [4.69, 9.17) is 14.9 Å². The number of aliphatic hydroxyl groups excluding tert-OH is 1. The summed E-state index contributed by atoms with van der Waals surface area (Å²) in [5.41, 5.74) is -6.18. The van der Waals surface area contributed by atoms with Crippen molar-refractivity contribution < 1.29 is 59.3 Å². The molecule has 0 saturated carbocycles. The summed E-state index contributed by atoms with van der Waals surface area (Å²) in [7, 11) is 1.34. The fraction of sp³-hybridized carbons (Fsp3) is 0.389. The minimum absolute atomic E-state index is 0.0522. The Morgan fingerprint density at radius 3 is 2.28 bits per heavy atom. The fourth-order valence-electron chi connectivity index (χ4n) is 6.21. The lowest BCUT2D eigenvalue weighted by molar-refractivity contribution is -0.162. The molecule has 2 aliphatic heterocycles. The van der Waals surface area contributed by atoms with Crippen molar-refractivity contribution in [1.82, 2.24) is 19.9 Å². The van der Waals surface area contributed by atoms with E-state index >= 15 is 8.78 Å². The molecule has 0 radical (unpaired) electrons. The van der Waals surface area contributed by atoms with Gasteiger partial charge in [0.25, 0.3) is 5.91 Å². The minimum Gasteiger partial charge on any atom is -0.505 e. The number of hydrogen-bond donors (Lipinski definition) is 2. The van der Waals surface area contributed by atoms with Crippen LogP contribution in [0.2, 0.25) is 0 Å². The lowest BCUT2D eigenvalue weighted by Crippen LogP contribution is -2.60. The normalized spacial score (nSPS) is 18.7. The van der Waals surface area contributed by atoms with Crippen molar-refractivity contribution >= 4 is 17.4 Å². The summed E-state index contributed by atoms with van der Waals surface area (Å²) in [5.74, 6) is -7.09. The highest BCUT2D eigenvalue weighted by molar-refractivity contribution is 6.28. The number of aliphatic hydroxyl groups is 1. The number of ketones is 1. The van der Waals surface area contributed by atoms with E-state index in [2.05, 4.69) is 4.98 Å². The first-order chi connectivity index (χ1) is 25.3. The van der Waals surface area contributed by atoms with Crippen LogP contribution in [0.5, 0.6) is 5.75 Å². The van der Waals surface area contributed by atoms with Gasteiger partial charge < -0.3 is 14.6 Å². The number of hydrogen-bond acceptors (Lipinski definition) is 9. The number of pyridine rings is 1. The molecular formula is C36H35F8N5O5. The van der Waals surface area contributed by atoms with Gasteiger partial charge in [0.2, 0.25) is 5.82 Å². The largest absolute Gasteiger partial charge is 0.505 e. The number of ether oxygens (including phenoxy) is 2. The molecule has 2 aliphatic rings. The number of aromatic nitrogens is 1. The van der Waals surface area contributed by atoms with Gasteiger partial charge in [0.1, 0.15) is 23.6 Å². The van der Waals surface area contributed by atoms with Crippen molar-refractivity contribution in [2.75, 3.05) is 46.5 Å². The average molecular weight is 770 g/mol. The molecule has 3 aromatic rings. The Morgan fingerprint density at radius 2 is 1.69 bits per heavy atom. The number of allylic oxidation sites excluding steroid dienone is 1. The molecule has 2 N–H and O–H groups in total. The Hall–Kier alpha value is -4.94. The number of carbonyl (C=O) groups excluding carboxylic acids is 2. The molecule has 2 saturated heterocycles. The zero-order valence-electron chi connectivity index (χ0n) is 29.1. The monoisotopic (exact) mass is 769 g/mol. The van der Waals surface area contributed by atoms with E-state index < -0.39 is 93.6 Å². The first-order valence-corrected chi connectivity index (χ1v) is 16.6. The van der Waals surface area contributed by atoms with Crippen LogP contribution in [0.15, 0.2) is 60.0 Å². The number of nitrogens with zero attached hydrogens (tertiary/aromatic N) is 4. The van der Waals surface area contributed by atoms with E-state index in [1.807, 2.05) is 4.90 Å². The van der Waals surface area contributed by atoms with Crippen molar-refractivity contribution in [2.24, 2.45) is 5.92 Å². The summed E-state index contributed by atoms with van der Waals surface area (Å²) in [4.78, 5) is 33.0. The van der Waals surface area contributed by atoms with Crippen molar-refractivity contribution in [1.29, 1.82) is 5.41 Å². The van der Waals surface area contributed by atoms with E-state index in [1.54, 1.807) is 13.8 Å². The van der Waals surface area contributed by atoms with Gasteiger partial charge in [-0.3, -0.25) is 29.9 Å². The first-order valence-electron chi connectivity index (χ1n) is 16.6. The number of alkyl halides is 6. The predicted octanol–water partition coefficient (Wildman–Crippen LogP) is 6.44. The first kappa shape index (κ1) is 40.2. The summed E-state index contributed by atoms with van der Waals surface area (Å²) < 4.78 is 122. The van der Waals surface area contributed by atoms with Gasteiger partial charge in [-0.25, -0.2) is 9.40 Å². The van der Waals surface area contributed by atoms with Gasteiger partial charge in [-0.05, 0) is 35.7 Å². The molecule has 290 valence electrons. The maximum absolute atomic E-state index is 15.5. The molecule has 5 rings (SSSR count). The van der Waals surface area contributed by atoms with Gasteiger partial charge in [0.05, 0.1) is 31.4 Å². The zero-order chi connectivity index (χ0) is 39.7. The molecule has 2 fully saturated rings. The summed E-state index contributed by atoms with van der Waals surface area (Å²) >= 11 is 0.